The Morgan fingerprint density at radius 1 is 1.54 bits per heavy atom. The minimum Gasteiger partial charge on any atom is -0.480 e. The van der Waals surface area contributed by atoms with E-state index in [1.165, 1.54) is 0 Å². The Balaban J connectivity index is 2.19. The molecule has 1 rings (SSSR count). The number of amides is 1. The van der Waals surface area contributed by atoms with Crippen molar-refractivity contribution in [2.75, 3.05) is 0 Å². The number of carbonyl (C=O) groups is 2. The Hall–Kier alpha value is -1.10. The molecule has 0 saturated heterocycles. The molecule has 4 N–H and O–H groups in total. The number of carbonyl (C=O) groups excluding carboxylic acids is 1. The average Bonchev–Trinajstić information content (AvgIpc) is 1.96. The summed E-state index contributed by atoms with van der Waals surface area (Å²) in [7, 11) is 0. The number of carboxylic acid groups (broad SMARTS) is 1. The van der Waals surface area contributed by atoms with E-state index < -0.39 is 12.0 Å². The van der Waals surface area contributed by atoms with Gasteiger partial charge in [-0.05, 0) is 19.3 Å². The van der Waals surface area contributed by atoms with Crippen LogP contribution in [-0.4, -0.2) is 29.1 Å². The minimum atomic E-state index is -1.14. The zero-order valence-electron chi connectivity index (χ0n) is 7.32. The normalized spacial score (nSPS) is 18.8. The fraction of sp³-hybridized carbons (Fsp3) is 0.750. The third kappa shape index (κ3) is 3.02. The lowest BCUT2D eigenvalue weighted by atomic mass is 9.93. The van der Waals surface area contributed by atoms with E-state index in [4.69, 9.17) is 10.8 Å². The van der Waals surface area contributed by atoms with E-state index in [0.717, 1.165) is 19.3 Å². The molecule has 0 spiro atoms. The second-order valence-electron chi connectivity index (χ2n) is 3.34. The molecule has 1 unspecified atom stereocenters. The Bertz CT molecular complexity index is 213. The van der Waals surface area contributed by atoms with Gasteiger partial charge < -0.3 is 16.2 Å². The molecule has 0 radical (unpaired) electrons. The summed E-state index contributed by atoms with van der Waals surface area (Å²) in [4.78, 5) is 21.4. The van der Waals surface area contributed by atoms with Gasteiger partial charge in [-0.15, -0.1) is 0 Å². The molecule has 1 fully saturated rings. The summed E-state index contributed by atoms with van der Waals surface area (Å²) in [6, 6.07) is -0.839. The van der Waals surface area contributed by atoms with E-state index in [2.05, 4.69) is 5.32 Å². The summed E-state index contributed by atoms with van der Waals surface area (Å²) in [5.41, 5.74) is 5.19. The molecule has 13 heavy (non-hydrogen) atoms. The Morgan fingerprint density at radius 2 is 2.15 bits per heavy atom. The molecule has 1 atom stereocenters. The van der Waals surface area contributed by atoms with Gasteiger partial charge in [-0.1, -0.05) is 0 Å². The van der Waals surface area contributed by atoms with E-state index in [1.807, 2.05) is 0 Å². The second-order valence-corrected chi connectivity index (χ2v) is 3.34. The quantitative estimate of drug-likeness (QED) is 0.549. The van der Waals surface area contributed by atoms with Crippen LogP contribution in [0.25, 0.3) is 0 Å². The van der Waals surface area contributed by atoms with Gasteiger partial charge in [0, 0.05) is 6.04 Å². The van der Waals surface area contributed by atoms with Gasteiger partial charge in [0.1, 0.15) is 6.04 Å². The van der Waals surface area contributed by atoms with Crippen LogP contribution >= 0.6 is 0 Å². The van der Waals surface area contributed by atoms with E-state index >= 15 is 0 Å². The fourth-order valence-electron chi connectivity index (χ4n) is 1.13. The maximum Gasteiger partial charge on any atom is 0.321 e. The van der Waals surface area contributed by atoms with Crippen LogP contribution in [0.2, 0.25) is 0 Å². The van der Waals surface area contributed by atoms with E-state index in [1.54, 1.807) is 0 Å². The topological polar surface area (TPSA) is 92.4 Å². The van der Waals surface area contributed by atoms with Crippen LogP contribution in [0, 0.1) is 0 Å². The molecular formula is C8H14N2O3. The van der Waals surface area contributed by atoms with E-state index in [-0.39, 0.29) is 18.4 Å². The van der Waals surface area contributed by atoms with Crippen LogP contribution in [0.5, 0.6) is 0 Å². The summed E-state index contributed by atoms with van der Waals surface area (Å²) in [5.74, 6) is -1.40. The molecule has 5 nitrogen and oxygen atoms in total. The molecule has 1 saturated carbocycles. The van der Waals surface area contributed by atoms with E-state index in [9.17, 15) is 9.59 Å². The molecule has 1 aliphatic carbocycles. The monoisotopic (exact) mass is 186 g/mol. The lowest BCUT2D eigenvalue weighted by Crippen LogP contribution is -2.43. The summed E-state index contributed by atoms with van der Waals surface area (Å²) < 4.78 is 0. The minimum absolute atomic E-state index is 0.133. The predicted molar refractivity (Wildman–Crippen MR) is 46.0 cm³/mol. The maximum absolute atomic E-state index is 11.1. The third-order valence-corrected chi connectivity index (χ3v) is 2.19. The van der Waals surface area contributed by atoms with Crippen LogP contribution in [-0.2, 0) is 9.59 Å². The summed E-state index contributed by atoms with van der Waals surface area (Å²) >= 11 is 0. The zero-order chi connectivity index (χ0) is 9.84. The number of rotatable bonds is 4. The molecular weight excluding hydrogens is 172 g/mol. The van der Waals surface area contributed by atoms with Crippen molar-refractivity contribution < 1.29 is 14.7 Å². The first-order valence-corrected chi connectivity index (χ1v) is 4.37. The van der Waals surface area contributed by atoms with E-state index in [0.29, 0.717) is 0 Å². The van der Waals surface area contributed by atoms with Gasteiger partial charge >= 0.3 is 5.97 Å². The maximum atomic E-state index is 11.1. The number of carboxylic acids is 1. The number of hydrogen-bond donors (Lipinski definition) is 3. The Labute approximate surface area is 76.3 Å². The lowest BCUT2D eigenvalue weighted by molar-refractivity contribution is -0.140. The lowest BCUT2D eigenvalue weighted by Gasteiger charge is -2.26. The van der Waals surface area contributed by atoms with Crippen LogP contribution in [0.4, 0.5) is 0 Å². The van der Waals surface area contributed by atoms with Crippen molar-refractivity contribution in [2.24, 2.45) is 5.73 Å². The SMILES string of the molecule is NC(CC(=O)NC1CCC1)C(=O)O. The van der Waals surface area contributed by atoms with Crippen molar-refractivity contribution >= 4 is 11.9 Å². The first kappa shape index (κ1) is 9.98. The molecule has 0 bridgehead atoms. The van der Waals surface area contributed by atoms with Crippen LogP contribution in [0.1, 0.15) is 25.7 Å². The molecule has 5 heteroatoms. The van der Waals surface area contributed by atoms with Crippen molar-refractivity contribution in [1.29, 1.82) is 0 Å². The molecule has 1 amide bonds. The van der Waals surface area contributed by atoms with Crippen LogP contribution in [0.15, 0.2) is 0 Å². The fourth-order valence-corrected chi connectivity index (χ4v) is 1.13. The first-order chi connectivity index (χ1) is 6.09. The number of aliphatic carboxylic acids is 1. The van der Waals surface area contributed by atoms with Gasteiger partial charge in [0.25, 0.3) is 0 Å². The standard InChI is InChI=1S/C8H14N2O3/c9-6(8(12)13)4-7(11)10-5-2-1-3-5/h5-6H,1-4,9H2,(H,10,11)(H,12,13). The smallest absolute Gasteiger partial charge is 0.321 e. The number of nitrogens with two attached hydrogens (primary N) is 1. The van der Waals surface area contributed by atoms with Gasteiger partial charge in [0.05, 0.1) is 6.42 Å². The highest BCUT2D eigenvalue weighted by Crippen LogP contribution is 2.17. The average molecular weight is 186 g/mol. The van der Waals surface area contributed by atoms with Crippen LogP contribution < -0.4 is 11.1 Å². The predicted octanol–water partition coefficient (Wildman–Crippen LogP) is -0.543. The highest BCUT2D eigenvalue weighted by atomic mass is 16.4. The highest BCUT2D eigenvalue weighted by molar-refractivity contribution is 5.84. The largest absolute Gasteiger partial charge is 0.480 e. The van der Waals surface area contributed by atoms with Gasteiger partial charge in [-0.3, -0.25) is 9.59 Å². The molecule has 74 valence electrons. The summed E-state index contributed by atoms with van der Waals surface area (Å²) in [6.45, 7) is 0. The molecule has 0 aliphatic heterocycles. The Morgan fingerprint density at radius 3 is 2.54 bits per heavy atom. The van der Waals surface area contributed by atoms with Crippen molar-refractivity contribution in [1.82, 2.24) is 5.32 Å². The molecule has 0 aromatic heterocycles. The second kappa shape index (κ2) is 4.23. The molecule has 0 aromatic rings. The molecule has 0 heterocycles. The first-order valence-electron chi connectivity index (χ1n) is 4.37. The molecule has 1 aliphatic rings. The van der Waals surface area contributed by atoms with Gasteiger partial charge in [-0.2, -0.15) is 0 Å². The van der Waals surface area contributed by atoms with Crippen molar-refractivity contribution in [2.45, 2.75) is 37.8 Å². The molecule has 0 aromatic carbocycles. The van der Waals surface area contributed by atoms with Crippen molar-refractivity contribution in [3.05, 3.63) is 0 Å². The van der Waals surface area contributed by atoms with Crippen molar-refractivity contribution in [3.63, 3.8) is 0 Å². The summed E-state index contributed by atoms with van der Waals surface area (Å²) in [6.07, 6.45) is 2.99. The van der Waals surface area contributed by atoms with Crippen LogP contribution in [0.3, 0.4) is 0 Å². The zero-order valence-corrected chi connectivity index (χ0v) is 7.32. The highest BCUT2D eigenvalue weighted by Gasteiger charge is 2.22. The van der Waals surface area contributed by atoms with Gasteiger partial charge in [-0.25, -0.2) is 0 Å². The van der Waals surface area contributed by atoms with Gasteiger partial charge in [0.15, 0.2) is 0 Å². The Kier molecular flexibility index (Phi) is 3.25. The number of nitrogens with one attached hydrogen (secondary N) is 1. The number of hydrogen-bond acceptors (Lipinski definition) is 3. The third-order valence-electron chi connectivity index (χ3n) is 2.19. The van der Waals surface area contributed by atoms with Crippen molar-refractivity contribution in [3.8, 4) is 0 Å². The van der Waals surface area contributed by atoms with Gasteiger partial charge in [0.2, 0.25) is 5.91 Å². The summed E-state index contributed by atoms with van der Waals surface area (Å²) in [5, 5.41) is 11.2.